The molecule has 0 aromatic heterocycles. The second-order valence-electron chi connectivity index (χ2n) is 21.9. The minimum absolute atomic E-state index is 0.00979. The highest BCUT2D eigenvalue weighted by Gasteiger charge is 2.37. The Bertz CT molecular complexity index is 2400. The monoisotopic (exact) mass is 1220 g/mol. The maximum atomic E-state index is 15.1. The van der Waals surface area contributed by atoms with Crippen molar-refractivity contribution in [3.05, 3.63) is 42.5 Å². The Hall–Kier alpha value is -7.54. The number of carbonyl (C=O) groups is 12. The predicted molar refractivity (Wildman–Crippen MR) is 328 cm³/mol. The topological polar surface area (TPSA) is 488 Å². The first-order chi connectivity index (χ1) is 41.4. The molecule has 29 heteroatoms. The van der Waals surface area contributed by atoms with Crippen LogP contribution in [-0.2, 0) is 64.0 Å². The van der Waals surface area contributed by atoms with E-state index in [4.69, 9.17) is 28.7 Å². The quantitative estimate of drug-likeness (QED) is 0.00761. The van der Waals surface area contributed by atoms with Gasteiger partial charge in [-0.25, -0.2) is 0 Å². The number of aromatic hydroxyl groups is 1. The van der Waals surface area contributed by atoms with E-state index >= 15 is 9.59 Å². The number of carbonyl (C=O) groups excluding carboxylic acids is 12. The summed E-state index contributed by atoms with van der Waals surface area (Å²) >= 11 is 0. The van der Waals surface area contributed by atoms with Crippen LogP contribution in [0.3, 0.4) is 0 Å². The number of rotatable bonds is 52. The Kier molecular flexibility index (Phi) is 39.2. The average molecular weight is 1230 g/mol. The van der Waals surface area contributed by atoms with E-state index in [9.17, 15) is 53.1 Å². The third-order valence-corrected chi connectivity index (χ3v) is 13.7. The number of nitrogens with zero attached hydrogens (tertiary/aromatic N) is 2. The van der Waals surface area contributed by atoms with E-state index in [0.717, 1.165) is 0 Å². The molecule has 1 aromatic carbocycles. The summed E-state index contributed by atoms with van der Waals surface area (Å²) in [6.45, 7) is 12.8. The van der Waals surface area contributed by atoms with Crippen molar-refractivity contribution in [3.8, 4) is 5.75 Å². The second kappa shape index (κ2) is 44.0. The van der Waals surface area contributed by atoms with E-state index in [2.05, 4.69) is 64.4 Å². The number of ketones is 3. The SMILES string of the molecule is C=CCCNC(=O)[C@@H](CC(=O)[C@@H](NC(=O)[C@@H](CC(=O)[C@@H](NC(=O)[C@@H](CC(=O)[C@@H](C)N[C@H](C=O)CCCCN)N[C@H](C=O)C(C)C)N[C@H](C=O)CC(C)C)N[C@H](C=O)Cc1ccc(O)cc1)N[C@H](C=O)CCCN=C(N)N)N[C@H](C=O)CCCN=C(N)N. The highest BCUT2D eigenvalue weighted by molar-refractivity contribution is 5.99. The lowest BCUT2D eigenvalue weighted by Gasteiger charge is -2.30. The molecule has 0 unspecified atom stereocenters. The van der Waals surface area contributed by atoms with Crippen molar-refractivity contribution in [1.82, 2.24) is 47.9 Å². The molecule has 0 aliphatic carbocycles. The number of amides is 3. The Morgan fingerprint density at radius 1 is 0.552 bits per heavy atom. The summed E-state index contributed by atoms with van der Waals surface area (Å²) in [6, 6.07) is -6.38. The van der Waals surface area contributed by atoms with E-state index in [1.54, 1.807) is 27.7 Å². The maximum absolute atomic E-state index is 15.1. The minimum Gasteiger partial charge on any atom is -0.508 e. The highest BCUT2D eigenvalue weighted by atomic mass is 16.3. The van der Waals surface area contributed by atoms with Gasteiger partial charge in [0.25, 0.3) is 0 Å². The molecule has 87 heavy (non-hydrogen) atoms. The summed E-state index contributed by atoms with van der Waals surface area (Å²) < 4.78 is 0. The van der Waals surface area contributed by atoms with Crippen molar-refractivity contribution in [2.45, 2.75) is 191 Å². The zero-order valence-electron chi connectivity index (χ0n) is 50.8. The number of unbranched alkanes of at least 4 members (excludes halogenated alkanes) is 1. The Morgan fingerprint density at radius 3 is 1.46 bits per heavy atom. The number of nitrogens with two attached hydrogens (primary N) is 5. The van der Waals surface area contributed by atoms with Crippen molar-refractivity contribution >= 4 is 84.7 Å². The van der Waals surface area contributed by atoms with Crippen LogP contribution in [-0.4, -0.2) is 189 Å². The number of phenols is 1. The summed E-state index contributed by atoms with van der Waals surface area (Å²) in [5, 5.41) is 35.0. The number of hydrogen-bond acceptors (Lipinski definition) is 22. The number of guanidine groups is 2. The van der Waals surface area contributed by atoms with E-state index in [1.165, 1.54) is 37.3 Å². The van der Waals surface area contributed by atoms with Crippen LogP contribution >= 0.6 is 0 Å². The molecule has 3 amide bonds. The number of benzene rings is 1. The number of aldehydes is 6. The lowest BCUT2D eigenvalue weighted by molar-refractivity contribution is -0.135. The molecule has 0 saturated carbocycles. The van der Waals surface area contributed by atoms with Gasteiger partial charge >= 0.3 is 0 Å². The smallest absolute Gasteiger partial charge is 0.239 e. The van der Waals surface area contributed by atoms with E-state index in [-0.39, 0.29) is 81.7 Å². The van der Waals surface area contributed by atoms with Crippen LogP contribution in [0.1, 0.15) is 117 Å². The molecule has 1 aromatic rings. The van der Waals surface area contributed by atoms with Crippen molar-refractivity contribution in [1.29, 1.82) is 0 Å². The van der Waals surface area contributed by atoms with E-state index in [0.29, 0.717) is 75.5 Å². The summed E-state index contributed by atoms with van der Waals surface area (Å²) in [5.74, 6) is -6.40. The molecule has 0 aliphatic rings. The predicted octanol–water partition coefficient (Wildman–Crippen LogP) is -3.24. The number of phenolic OH excluding ortho intramolecular Hbond substituents is 1. The first-order valence-electron chi connectivity index (χ1n) is 29.3. The van der Waals surface area contributed by atoms with Gasteiger partial charge in [-0.2, -0.15) is 0 Å². The largest absolute Gasteiger partial charge is 0.508 e. The Morgan fingerprint density at radius 2 is 1.00 bits per heavy atom. The van der Waals surface area contributed by atoms with E-state index < -0.39 is 133 Å². The molecule has 486 valence electrons. The summed E-state index contributed by atoms with van der Waals surface area (Å²) in [7, 11) is 0. The number of Topliss-reactive ketones (excluding diaryl/α,β-unsaturated/α-hetero) is 3. The summed E-state index contributed by atoms with van der Waals surface area (Å²) in [6.07, 6.45) is 1.25. The standard InChI is InChI=1S/C58H96N16O13/c1-7-8-21-64-54(85)45(68-40(30-76)14-11-22-65-57(60)61)27-50(83)52(70-41(31-77)15-12-23-66-58(62)63)73-55(86)46(69-43(33-79)25-38-16-18-44(81)19-17-38)28-51(84)53(71-42(32-78)24-35(2)3)74-56(87)47(72-48(34-80)36(4)5)26-49(82)37(6)67-39(29-75)13-9-10-20-59/h7,16-19,29-37,39-43,45-48,52-53,67-72,81H,1,8-15,20-28,59H2,2-6H3,(H,64,85)(H,73,86)(H,74,87)(H4,60,61,65)(H4,62,63,66)/t37-,39+,40+,41+,42+,43+,45-,46-,47-,48-,52-,53-/m1/s1. The van der Waals surface area contributed by atoms with Gasteiger partial charge in [0.2, 0.25) is 17.7 Å². The van der Waals surface area contributed by atoms with Crippen molar-refractivity contribution < 1.29 is 62.6 Å². The third-order valence-electron chi connectivity index (χ3n) is 13.7. The zero-order chi connectivity index (χ0) is 65.4. The molecule has 0 spiro atoms. The molecular formula is C58H96N16O13. The van der Waals surface area contributed by atoms with Crippen LogP contribution in [0.5, 0.6) is 5.75 Å². The number of aliphatic imine (C=N–C) groups is 2. The first kappa shape index (κ1) is 77.5. The molecule has 0 heterocycles. The second-order valence-corrected chi connectivity index (χ2v) is 21.9. The van der Waals surface area contributed by atoms with Gasteiger partial charge in [0.05, 0.1) is 60.4 Å². The zero-order valence-corrected chi connectivity index (χ0v) is 50.8. The fourth-order valence-electron chi connectivity index (χ4n) is 8.84. The van der Waals surface area contributed by atoms with Crippen LogP contribution in [0.25, 0.3) is 0 Å². The van der Waals surface area contributed by atoms with Gasteiger partial charge in [-0.1, -0.05) is 52.3 Å². The van der Waals surface area contributed by atoms with Crippen LogP contribution in [0, 0.1) is 11.8 Å². The van der Waals surface area contributed by atoms with Crippen molar-refractivity contribution in [2.24, 2.45) is 50.5 Å². The lowest BCUT2D eigenvalue weighted by Crippen LogP contribution is -2.63. The van der Waals surface area contributed by atoms with Gasteiger partial charge in [0.1, 0.15) is 55.8 Å². The fraction of sp³-hybridized carbons (Fsp3) is 0.621. The molecule has 0 saturated heterocycles. The van der Waals surface area contributed by atoms with Gasteiger partial charge in [0.15, 0.2) is 29.3 Å². The van der Waals surface area contributed by atoms with Crippen molar-refractivity contribution in [2.75, 3.05) is 26.2 Å². The summed E-state index contributed by atoms with van der Waals surface area (Å²) in [4.78, 5) is 170. The summed E-state index contributed by atoms with van der Waals surface area (Å²) in [5.41, 5.74) is 28.0. The molecule has 0 fully saturated rings. The van der Waals surface area contributed by atoms with Crippen LogP contribution in [0.15, 0.2) is 46.9 Å². The fourth-order valence-corrected chi connectivity index (χ4v) is 8.84. The minimum atomic E-state index is -1.86. The van der Waals surface area contributed by atoms with Gasteiger partial charge in [-0.15, -0.1) is 6.58 Å². The van der Waals surface area contributed by atoms with Crippen molar-refractivity contribution in [3.63, 3.8) is 0 Å². The highest BCUT2D eigenvalue weighted by Crippen LogP contribution is 2.14. The number of hydrogen-bond donors (Lipinski definition) is 15. The molecule has 0 radical (unpaired) electrons. The molecule has 20 N–H and O–H groups in total. The van der Waals surface area contributed by atoms with Gasteiger partial charge in [-0.05, 0) is 101 Å². The Balaban J connectivity index is 4.12. The normalized spacial score (nSPS) is 15.4. The van der Waals surface area contributed by atoms with Gasteiger partial charge in [0, 0.05) is 38.9 Å². The van der Waals surface area contributed by atoms with E-state index in [1.807, 2.05) is 0 Å². The molecular weight excluding hydrogens is 1130 g/mol. The number of nitrogens with one attached hydrogen (secondary N) is 9. The van der Waals surface area contributed by atoms with Crippen LogP contribution < -0.4 is 76.5 Å². The molecule has 0 bridgehead atoms. The van der Waals surface area contributed by atoms with Crippen LogP contribution in [0.4, 0.5) is 0 Å². The van der Waals surface area contributed by atoms with Crippen LogP contribution in [0.2, 0.25) is 0 Å². The van der Waals surface area contributed by atoms with Gasteiger partial charge < -0.3 is 78.5 Å². The van der Waals surface area contributed by atoms with Gasteiger partial charge in [-0.3, -0.25) is 70.7 Å². The molecule has 1 rings (SSSR count). The third kappa shape index (κ3) is 32.7. The Labute approximate surface area is 509 Å². The lowest BCUT2D eigenvalue weighted by atomic mass is 9.98. The molecule has 29 nitrogen and oxygen atoms in total. The first-order valence-corrected chi connectivity index (χ1v) is 29.3. The maximum Gasteiger partial charge on any atom is 0.239 e. The average Bonchev–Trinajstić information content (AvgIpc) is 3.02. The molecule has 0 aliphatic heterocycles. The molecule has 12 atom stereocenters.